The van der Waals surface area contributed by atoms with Gasteiger partial charge in [0.15, 0.2) is 0 Å². The summed E-state index contributed by atoms with van der Waals surface area (Å²) in [5.41, 5.74) is -0.327. The Bertz CT molecular complexity index is 494. The number of aromatic nitrogens is 1. The number of aliphatic carboxylic acids is 1. The van der Waals surface area contributed by atoms with Gasteiger partial charge in [0.05, 0.1) is 13.0 Å². The Balaban J connectivity index is 2.52. The Morgan fingerprint density at radius 1 is 1.43 bits per heavy atom. The van der Waals surface area contributed by atoms with E-state index in [2.05, 4.69) is 22.5 Å². The van der Waals surface area contributed by atoms with E-state index in [9.17, 15) is 9.59 Å². The lowest BCUT2D eigenvalue weighted by atomic mass is 9.85. The predicted molar refractivity (Wildman–Crippen MR) is 82.4 cm³/mol. The van der Waals surface area contributed by atoms with Gasteiger partial charge >= 0.3 is 12.0 Å². The molecule has 6 nitrogen and oxygen atoms in total. The highest BCUT2D eigenvalue weighted by Gasteiger charge is 2.28. The maximum Gasteiger partial charge on any atom is 0.315 e. The summed E-state index contributed by atoms with van der Waals surface area (Å²) in [6.45, 7) is 8.09. The second-order valence-corrected chi connectivity index (χ2v) is 7.12. The van der Waals surface area contributed by atoms with Crippen molar-refractivity contribution >= 4 is 23.3 Å². The lowest BCUT2D eigenvalue weighted by molar-refractivity contribution is -0.138. The van der Waals surface area contributed by atoms with Gasteiger partial charge in [0.25, 0.3) is 0 Å². The van der Waals surface area contributed by atoms with Crippen LogP contribution in [0.3, 0.4) is 0 Å². The van der Waals surface area contributed by atoms with Crippen LogP contribution in [0, 0.1) is 5.41 Å². The largest absolute Gasteiger partial charge is 0.481 e. The van der Waals surface area contributed by atoms with E-state index in [1.165, 1.54) is 4.88 Å². The van der Waals surface area contributed by atoms with Crippen LogP contribution in [0.1, 0.15) is 44.0 Å². The van der Waals surface area contributed by atoms with E-state index >= 15 is 0 Å². The number of urea groups is 1. The monoisotopic (exact) mass is 313 g/mol. The zero-order chi connectivity index (χ0) is 16.0. The van der Waals surface area contributed by atoms with E-state index in [1.54, 1.807) is 11.3 Å². The highest BCUT2D eigenvalue weighted by atomic mass is 32.1. The third kappa shape index (κ3) is 6.12. The summed E-state index contributed by atoms with van der Waals surface area (Å²) in [7, 11) is 0. The van der Waals surface area contributed by atoms with E-state index in [-0.39, 0.29) is 17.9 Å². The number of thiazole rings is 1. The molecule has 118 valence electrons. The van der Waals surface area contributed by atoms with E-state index in [1.807, 2.05) is 27.0 Å². The number of aryl methyl sites for hydroxylation is 1. The molecule has 0 bridgehead atoms. The maximum absolute atomic E-state index is 11.9. The summed E-state index contributed by atoms with van der Waals surface area (Å²) in [6.07, 6.45) is 2.63. The predicted octanol–water partition coefficient (Wildman–Crippen LogP) is 2.39. The molecule has 0 saturated heterocycles. The van der Waals surface area contributed by atoms with E-state index in [0.717, 1.165) is 11.4 Å². The molecule has 1 rings (SSSR count). The van der Waals surface area contributed by atoms with Crippen molar-refractivity contribution in [2.75, 3.05) is 0 Å². The molecule has 1 heterocycles. The van der Waals surface area contributed by atoms with Gasteiger partial charge in [-0.3, -0.25) is 4.79 Å². The second kappa shape index (κ2) is 7.40. The van der Waals surface area contributed by atoms with Gasteiger partial charge in [-0.25, -0.2) is 9.78 Å². The number of hydrogen-bond donors (Lipinski definition) is 3. The van der Waals surface area contributed by atoms with Crippen molar-refractivity contribution in [1.82, 2.24) is 15.6 Å². The molecule has 0 aliphatic rings. The summed E-state index contributed by atoms with van der Waals surface area (Å²) >= 11 is 1.56. The first-order valence-corrected chi connectivity index (χ1v) is 7.73. The number of carboxylic acid groups (broad SMARTS) is 1. The molecule has 1 aromatic rings. The molecule has 7 heteroatoms. The minimum atomic E-state index is -0.928. The van der Waals surface area contributed by atoms with Crippen LogP contribution < -0.4 is 10.6 Å². The number of nitrogens with zero attached hydrogens (tertiary/aromatic N) is 1. The fraction of sp³-hybridized carbons (Fsp3) is 0.643. The second-order valence-electron chi connectivity index (χ2n) is 5.92. The van der Waals surface area contributed by atoms with Crippen LogP contribution in [-0.4, -0.2) is 28.1 Å². The summed E-state index contributed by atoms with van der Waals surface area (Å²) in [4.78, 5) is 28.2. The minimum Gasteiger partial charge on any atom is -0.481 e. The van der Waals surface area contributed by atoms with Crippen molar-refractivity contribution in [1.29, 1.82) is 0 Å². The lowest BCUT2D eigenvalue weighted by Gasteiger charge is -2.30. The van der Waals surface area contributed by atoms with Crippen molar-refractivity contribution < 1.29 is 14.7 Å². The zero-order valence-corrected chi connectivity index (χ0v) is 13.7. The Morgan fingerprint density at radius 3 is 2.57 bits per heavy atom. The summed E-state index contributed by atoms with van der Waals surface area (Å²) in [6, 6.07) is -0.804. The SMILES string of the molecule is CCc1cnc(CNC(=O)NC(CC(=O)O)C(C)(C)C)s1. The van der Waals surface area contributed by atoms with Crippen LogP contribution >= 0.6 is 11.3 Å². The van der Waals surface area contributed by atoms with Crippen LogP contribution in [0.2, 0.25) is 0 Å². The third-order valence-electron chi connectivity index (χ3n) is 3.08. The van der Waals surface area contributed by atoms with Gasteiger partial charge in [0.2, 0.25) is 0 Å². The van der Waals surface area contributed by atoms with E-state index < -0.39 is 12.0 Å². The smallest absolute Gasteiger partial charge is 0.315 e. The van der Waals surface area contributed by atoms with Crippen molar-refractivity contribution in [3.05, 3.63) is 16.1 Å². The Kier molecular flexibility index (Phi) is 6.14. The topological polar surface area (TPSA) is 91.3 Å². The van der Waals surface area contributed by atoms with Crippen LogP contribution in [0.4, 0.5) is 4.79 Å². The maximum atomic E-state index is 11.9. The molecule has 0 aromatic carbocycles. The van der Waals surface area contributed by atoms with Crippen LogP contribution in [0.15, 0.2) is 6.20 Å². The minimum absolute atomic E-state index is 0.103. The van der Waals surface area contributed by atoms with Gasteiger partial charge < -0.3 is 15.7 Å². The van der Waals surface area contributed by atoms with Crippen molar-refractivity contribution in [2.45, 2.75) is 53.1 Å². The molecule has 21 heavy (non-hydrogen) atoms. The van der Waals surface area contributed by atoms with Crippen LogP contribution in [0.5, 0.6) is 0 Å². The van der Waals surface area contributed by atoms with Crippen molar-refractivity contribution in [2.24, 2.45) is 5.41 Å². The number of carbonyl (C=O) groups is 2. The highest BCUT2D eigenvalue weighted by Crippen LogP contribution is 2.21. The summed E-state index contributed by atoms with van der Waals surface area (Å²) < 4.78 is 0. The fourth-order valence-corrected chi connectivity index (χ4v) is 2.51. The highest BCUT2D eigenvalue weighted by molar-refractivity contribution is 7.11. The van der Waals surface area contributed by atoms with Crippen molar-refractivity contribution in [3.63, 3.8) is 0 Å². The number of amides is 2. The van der Waals surface area contributed by atoms with E-state index in [4.69, 9.17) is 5.11 Å². The fourth-order valence-electron chi connectivity index (χ4n) is 1.71. The van der Waals surface area contributed by atoms with Gasteiger partial charge in [-0.05, 0) is 11.8 Å². The van der Waals surface area contributed by atoms with Crippen molar-refractivity contribution in [3.8, 4) is 0 Å². The quantitative estimate of drug-likeness (QED) is 0.752. The van der Waals surface area contributed by atoms with Gasteiger partial charge in [0.1, 0.15) is 5.01 Å². The van der Waals surface area contributed by atoms with Gasteiger partial charge in [-0.15, -0.1) is 11.3 Å². The molecule has 1 atom stereocenters. The zero-order valence-electron chi connectivity index (χ0n) is 12.9. The van der Waals surface area contributed by atoms with Crippen LogP contribution in [-0.2, 0) is 17.8 Å². The number of carbonyl (C=O) groups excluding carboxylic acids is 1. The Labute approximate surface area is 129 Å². The first-order valence-electron chi connectivity index (χ1n) is 6.92. The molecule has 0 spiro atoms. The lowest BCUT2D eigenvalue weighted by Crippen LogP contribution is -2.48. The first-order chi connectivity index (χ1) is 9.72. The van der Waals surface area contributed by atoms with Gasteiger partial charge in [-0.2, -0.15) is 0 Å². The summed E-state index contributed by atoms with van der Waals surface area (Å²) in [5.74, 6) is -0.928. The molecule has 0 aliphatic carbocycles. The third-order valence-corrected chi connectivity index (χ3v) is 4.22. The molecule has 1 unspecified atom stereocenters. The molecule has 0 aliphatic heterocycles. The molecule has 2 amide bonds. The average molecular weight is 313 g/mol. The molecular formula is C14H23N3O3S. The molecule has 1 aromatic heterocycles. The number of carboxylic acids is 1. The standard InChI is InChI=1S/C14H23N3O3S/c1-5-9-7-15-11(21-9)8-16-13(20)17-10(6-12(18)19)14(2,3)4/h7,10H,5-6,8H2,1-4H3,(H,18,19)(H2,16,17,20). The van der Waals surface area contributed by atoms with Gasteiger partial charge in [0, 0.05) is 17.1 Å². The first kappa shape index (κ1) is 17.4. The molecule has 0 saturated carbocycles. The summed E-state index contributed by atoms with van der Waals surface area (Å²) in [5, 5.41) is 15.2. The molecule has 0 radical (unpaired) electrons. The Hall–Kier alpha value is -1.63. The van der Waals surface area contributed by atoms with E-state index in [0.29, 0.717) is 6.54 Å². The number of rotatable bonds is 6. The number of hydrogen-bond acceptors (Lipinski definition) is 4. The Morgan fingerprint density at radius 2 is 2.10 bits per heavy atom. The molecular weight excluding hydrogens is 290 g/mol. The molecule has 3 N–H and O–H groups in total. The average Bonchev–Trinajstić information content (AvgIpc) is 2.82. The van der Waals surface area contributed by atoms with Gasteiger partial charge in [-0.1, -0.05) is 27.7 Å². The molecule has 0 fully saturated rings. The normalized spacial score (nSPS) is 12.8. The van der Waals surface area contributed by atoms with Crippen LogP contribution in [0.25, 0.3) is 0 Å². The number of nitrogens with one attached hydrogen (secondary N) is 2.